The van der Waals surface area contributed by atoms with E-state index in [0.29, 0.717) is 16.7 Å². The summed E-state index contributed by atoms with van der Waals surface area (Å²) >= 11 is 0.805. The van der Waals surface area contributed by atoms with Crippen LogP contribution in [0.5, 0.6) is 0 Å². The average molecular weight is 406 g/mol. The number of thioether (sulfide) groups is 1. The van der Waals surface area contributed by atoms with Crippen molar-refractivity contribution in [2.45, 2.75) is 0 Å². The number of imide groups is 1. The number of carbonyl (C=O) groups excluding carboxylic acids is 3. The Balaban J connectivity index is 1.46. The molecule has 1 N–H and O–H groups in total. The molecular weight excluding hydrogens is 392 g/mol. The normalized spacial score (nSPS) is 15.3. The lowest BCUT2D eigenvalue weighted by molar-refractivity contribution is -0.127. The van der Waals surface area contributed by atoms with E-state index < -0.39 is 29.2 Å². The van der Waals surface area contributed by atoms with E-state index in [2.05, 4.69) is 5.32 Å². The molecule has 1 aromatic heterocycles. The summed E-state index contributed by atoms with van der Waals surface area (Å²) in [6, 6.07) is 16.8. The van der Waals surface area contributed by atoms with Crippen molar-refractivity contribution in [2.75, 3.05) is 11.9 Å². The minimum Gasteiger partial charge on any atom is -0.423 e. The van der Waals surface area contributed by atoms with Gasteiger partial charge in [-0.05, 0) is 47.7 Å². The molecule has 4 rings (SSSR count). The Morgan fingerprint density at radius 1 is 1.03 bits per heavy atom. The van der Waals surface area contributed by atoms with Crippen molar-refractivity contribution in [3.05, 3.63) is 81.6 Å². The number of anilines is 1. The molecule has 0 unspecified atom stereocenters. The van der Waals surface area contributed by atoms with Crippen LogP contribution < -0.4 is 10.9 Å². The molecule has 0 atom stereocenters. The molecule has 1 saturated heterocycles. The monoisotopic (exact) mass is 406 g/mol. The predicted octanol–water partition coefficient (Wildman–Crippen LogP) is 3.47. The number of amides is 3. The number of benzene rings is 2. The highest BCUT2D eigenvalue weighted by Gasteiger charge is 2.36. The lowest BCUT2D eigenvalue weighted by Gasteiger charge is -2.12. The molecule has 1 aliphatic heterocycles. The number of hydrogen-bond donors (Lipinski definition) is 1. The highest BCUT2D eigenvalue weighted by atomic mass is 32.2. The van der Waals surface area contributed by atoms with Crippen LogP contribution in [0.4, 0.5) is 10.5 Å². The quantitative estimate of drug-likeness (QED) is 0.526. The second-order valence-electron chi connectivity index (χ2n) is 6.23. The van der Waals surface area contributed by atoms with Crippen LogP contribution in [-0.4, -0.2) is 28.5 Å². The molecule has 8 heteroatoms. The number of rotatable bonds is 4. The molecule has 0 bridgehead atoms. The van der Waals surface area contributed by atoms with Gasteiger partial charge in [-0.2, -0.15) is 0 Å². The second kappa shape index (κ2) is 7.76. The van der Waals surface area contributed by atoms with Crippen molar-refractivity contribution >= 4 is 51.5 Å². The molecule has 0 saturated carbocycles. The van der Waals surface area contributed by atoms with Crippen LogP contribution >= 0.6 is 11.8 Å². The van der Waals surface area contributed by atoms with Crippen molar-refractivity contribution < 1.29 is 18.8 Å². The lowest BCUT2D eigenvalue weighted by atomic mass is 10.2. The van der Waals surface area contributed by atoms with Crippen LogP contribution in [0.25, 0.3) is 17.0 Å². The molecule has 0 radical (unpaired) electrons. The molecule has 2 heterocycles. The van der Waals surface area contributed by atoms with Crippen LogP contribution in [0.15, 0.2) is 74.8 Å². The Morgan fingerprint density at radius 2 is 1.83 bits per heavy atom. The lowest BCUT2D eigenvalue weighted by Crippen LogP contribution is -2.36. The molecule has 1 fully saturated rings. The molecule has 3 amide bonds. The van der Waals surface area contributed by atoms with Crippen molar-refractivity contribution in [3.63, 3.8) is 0 Å². The second-order valence-corrected chi connectivity index (χ2v) is 7.23. The van der Waals surface area contributed by atoms with Crippen LogP contribution in [0.1, 0.15) is 5.56 Å². The van der Waals surface area contributed by atoms with E-state index in [-0.39, 0.29) is 4.91 Å². The minimum atomic E-state index is -0.509. The molecule has 1 aliphatic rings. The maximum atomic E-state index is 12.5. The van der Waals surface area contributed by atoms with Gasteiger partial charge in [0, 0.05) is 17.1 Å². The highest BCUT2D eigenvalue weighted by Crippen LogP contribution is 2.32. The zero-order valence-electron chi connectivity index (χ0n) is 15.0. The van der Waals surface area contributed by atoms with Gasteiger partial charge in [0.1, 0.15) is 12.1 Å². The third-order valence-electron chi connectivity index (χ3n) is 4.18. The Bertz CT molecular complexity index is 1220. The van der Waals surface area contributed by atoms with Gasteiger partial charge >= 0.3 is 5.63 Å². The van der Waals surface area contributed by atoms with Crippen molar-refractivity contribution in [1.82, 2.24) is 4.90 Å². The maximum Gasteiger partial charge on any atom is 0.336 e. The first kappa shape index (κ1) is 18.7. The molecule has 29 heavy (non-hydrogen) atoms. The first-order valence-electron chi connectivity index (χ1n) is 8.64. The van der Waals surface area contributed by atoms with Gasteiger partial charge in [0.25, 0.3) is 11.1 Å². The molecule has 0 spiro atoms. The van der Waals surface area contributed by atoms with E-state index in [1.54, 1.807) is 30.3 Å². The van der Waals surface area contributed by atoms with E-state index in [4.69, 9.17) is 4.42 Å². The molecule has 0 aliphatic carbocycles. The number of fused-ring (bicyclic) bond motifs is 1. The highest BCUT2D eigenvalue weighted by molar-refractivity contribution is 8.18. The summed E-state index contributed by atoms with van der Waals surface area (Å²) in [6.07, 6.45) is 1.62. The van der Waals surface area contributed by atoms with Crippen molar-refractivity contribution in [2.24, 2.45) is 0 Å². The summed E-state index contributed by atoms with van der Waals surface area (Å²) in [5.41, 5.74) is 1.19. The third kappa shape index (κ3) is 4.12. The Kier molecular flexibility index (Phi) is 5.01. The summed E-state index contributed by atoms with van der Waals surface area (Å²) < 4.78 is 5.04. The summed E-state index contributed by atoms with van der Waals surface area (Å²) in [6.45, 7) is -0.390. The molecule has 2 aromatic carbocycles. The fraction of sp³-hybridized carbons (Fsp3) is 0.0476. The Labute approximate surface area is 169 Å². The van der Waals surface area contributed by atoms with Gasteiger partial charge in [-0.1, -0.05) is 30.3 Å². The fourth-order valence-corrected chi connectivity index (χ4v) is 3.67. The van der Waals surface area contributed by atoms with Crippen LogP contribution in [0.2, 0.25) is 0 Å². The van der Waals surface area contributed by atoms with Gasteiger partial charge in [0.2, 0.25) is 5.91 Å². The SMILES string of the molecule is O=C(CN1C(=O)S/C(=C/c2ccccc2)C1=O)Nc1ccc2oc(=O)ccc2c1. The zero-order chi connectivity index (χ0) is 20.4. The smallest absolute Gasteiger partial charge is 0.336 e. The Morgan fingerprint density at radius 3 is 2.62 bits per heavy atom. The van der Waals surface area contributed by atoms with E-state index in [9.17, 15) is 19.2 Å². The zero-order valence-corrected chi connectivity index (χ0v) is 15.8. The number of carbonyl (C=O) groups is 3. The summed E-state index contributed by atoms with van der Waals surface area (Å²) in [5.74, 6) is -1.01. The summed E-state index contributed by atoms with van der Waals surface area (Å²) in [4.78, 5) is 49.5. The van der Waals surface area contributed by atoms with Gasteiger partial charge in [-0.25, -0.2) is 4.79 Å². The fourth-order valence-electron chi connectivity index (χ4n) is 2.83. The maximum absolute atomic E-state index is 12.5. The van der Waals surface area contributed by atoms with Gasteiger partial charge in [-0.15, -0.1) is 0 Å². The van der Waals surface area contributed by atoms with Gasteiger partial charge in [-0.3, -0.25) is 19.3 Å². The average Bonchev–Trinajstić information content (AvgIpc) is 2.96. The first-order valence-corrected chi connectivity index (χ1v) is 9.45. The van der Waals surface area contributed by atoms with Crippen LogP contribution in [0, 0.1) is 0 Å². The van der Waals surface area contributed by atoms with Gasteiger partial charge < -0.3 is 9.73 Å². The standard InChI is InChI=1S/C21H14N2O5S/c24-18(22-15-7-8-16-14(11-15)6-9-19(25)28-16)12-23-20(26)17(29-21(23)27)10-13-4-2-1-3-5-13/h1-11H,12H2,(H,22,24)/b17-10+. The van der Waals surface area contributed by atoms with Crippen molar-refractivity contribution in [1.29, 1.82) is 0 Å². The molecular formula is C21H14N2O5S. The largest absolute Gasteiger partial charge is 0.423 e. The number of nitrogens with zero attached hydrogens (tertiary/aromatic N) is 1. The third-order valence-corrected chi connectivity index (χ3v) is 5.08. The van der Waals surface area contributed by atoms with E-state index in [1.807, 2.05) is 30.3 Å². The number of hydrogen-bond acceptors (Lipinski definition) is 6. The molecule has 144 valence electrons. The van der Waals surface area contributed by atoms with Crippen LogP contribution in [0.3, 0.4) is 0 Å². The predicted molar refractivity (Wildman–Crippen MR) is 110 cm³/mol. The molecule has 3 aromatic rings. The Hall–Kier alpha value is -3.65. The van der Waals surface area contributed by atoms with Gasteiger partial charge in [0.15, 0.2) is 0 Å². The van der Waals surface area contributed by atoms with E-state index in [1.165, 1.54) is 6.07 Å². The van der Waals surface area contributed by atoms with Crippen molar-refractivity contribution in [3.8, 4) is 0 Å². The van der Waals surface area contributed by atoms with Crippen LogP contribution in [-0.2, 0) is 9.59 Å². The molecule has 7 nitrogen and oxygen atoms in total. The summed E-state index contributed by atoms with van der Waals surface area (Å²) in [7, 11) is 0. The minimum absolute atomic E-state index is 0.273. The van der Waals surface area contributed by atoms with E-state index >= 15 is 0 Å². The van der Waals surface area contributed by atoms with Gasteiger partial charge in [0.05, 0.1) is 4.91 Å². The number of nitrogens with one attached hydrogen (secondary N) is 1. The topological polar surface area (TPSA) is 96.7 Å². The first-order chi connectivity index (χ1) is 14.0. The van der Waals surface area contributed by atoms with E-state index in [0.717, 1.165) is 22.2 Å². The summed E-state index contributed by atoms with van der Waals surface area (Å²) in [5, 5.41) is 2.79.